The predicted molar refractivity (Wildman–Crippen MR) is 126 cm³/mol. The van der Waals surface area contributed by atoms with Crippen LogP contribution in [-0.4, -0.2) is 62.8 Å². The monoisotopic (exact) mass is 469 g/mol. The van der Waals surface area contributed by atoms with Gasteiger partial charge in [0, 0.05) is 19.8 Å². The zero-order valence-corrected chi connectivity index (χ0v) is 20.1. The zero-order chi connectivity index (χ0) is 24.9. The first-order chi connectivity index (χ1) is 16.3. The molecule has 0 bridgehead atoms. The van der Waals surface area contributed by atoms with Crippen LogP contribution in [0.25, 0.3) is 0 Å². The van der Waals surface area contributed by atoms with Crippen molar-refractivity contribution in [1.29, 1.82) is 0 Å². The number of hydrazine groups is 1. The number of carbonyl (C=O) groups is 3. The molecule has 2 aromatic rings. The second kappa shape index (κ2) is 10.7. The first-order valence-corrected chi connectivity index (χ1v) is 11.1. The van der Waals surface area contributed by atoms with E-state index in [1.807, 2.05) is 30.3 Å². The summed E-state index contributed by atoms with van der Waals surface area (Å²) in [4.78, 5) is 41.9. The molecular weight excluding hydrogens is 438 g/mol. The molecule has 182 valence electrons. The molecular formula is C25H31N3O6. The van der Waals surface area contributed by atoms with Crippen LogP contribution < -0.4 is 15.1 Å². The molecule has 2 atom stereocenters. The molecule has 0 aromatic heterocycles. The molecule has 9 heteroatoms. The molecule has 34 heavy (non-hydrogen) atoms. The number of anilines is 1. The van der Waals surface area contributed by atoms with Gasteiger partial charge in [-0.15, -0.1) is 0 Å². The van der Waals surface area contributed by atoms with Crippen LogP contribution in [0.15, 0.2) is 54.6 Å². The highest BCUT2D eigenvalue weighted by Gasteiger charge is 2.70. The van der Waals surface area contributed by atoms with Gasteiger partial charge in [-0.3, -0.25) is 14.4 Å². The van der Waals surface area contributed by atoms with E-state index in [2.05, 4.69) is 5.43 Å². The predicted octanol–water partition coefficient (Wildman–Crippen LogP) is 2.33. The van der Waals surface area contributed by atoms with Gasteiger partial charge in [0.05, 0.1) is 26.4 Å². The highest BCUT2D eigenvalue weighted by atomic mass is 16.6. The number of esters is 2. The Bertz CT molecular complexity index is 993. The van der Waals surface area contributed by atoms with Crippen molar-refractivity contribution in [2.24, 2.45) is 5.92 Å². The minimum Gasteiger partial charge on any atom is -0.497 e. The molecule has 1 saturated heterocycles. The van der Waals surface area contributed by atoms with Crippen LogP contribution in [0.5, 0.6) is 5.75 Å². The van der Waals surface area contributed by atoms with E-state index >= 15 is 0 Å². The fourth-order valence-electron chi connectivity index (χ4n) is 4.37. The fourth-order valence-corrected chi connectivity index (χ4v) is 4.37. The molecule has 1 amide bonds. The normalized spacial score (nSPS) is 19.7. The summed E-state index contributed by atoms with van der Waals surface area (Å²) in [6.07, 6.45) is 0. The number of methoxy groups -OCH3 is 1. The van der Waals surface area contributed by atoms with Gasteiger partial charge < -0.3 is 19.1 Å². The Morgan fingerprint density at radius 2 is 1.56 bits per heavy atom. The van der Waals surface area contributed by atoms with E-state index in [1.54, 1.807) is 69.2 Å². The molecule has 1 aliphatic heterocycles. The Kier molecular flexibility index (Phi) is 7.90. The van der Waals surface area contributed by atoms with Crippen LogP contribution in [-0.2, 0) is 23.9 Å². The van der Waals surface area contributed by atoms with Crippen molar-refractivity contribution in [3.63, 3.8) is 0 Å². The van der Waals surface area contributed by atoms with Crippen LogP contribution in [0.1, 0.15) is 25.5 Å². The summed E-state index contributed by atoms with van der Waals surface area (Å²) in [5.41, 5.74) is 2.79. The highest BCUT2D eigenvalue weighted by molar-refractivity contribution is 6.16. The molecule has 0 unspecified atom stereocenters. The van der Waals surface area contributed by atoms with Gasteiger partial charge in [-0.2, -0.15) is 0 Å². The maximum Gasteiger partial charge on any atom is 0.322 e. The number of ether oxygens (including phenoxy) is 3. The third-order valence-electron chi connectivity index (χ3n) is 5.64. The Morgan fingerprint density at radius 3 is 2.03 bits per heavy atom. The molecule has 0 spiro atoms. The van der Waals surface area contributed by atoms with E-state index in [0.29, 0.717) is 11.4 Å². The Hall–Kier alpha value is -3.43. The van der Waals surface area contributed by atoms with Crippen LogP contribution in [0.3, 0.4) is 0 Å². The summed E-state index contributed by atoms with van der Waals surface area (Å²) >= 11 is 0. The maximum atomic E-state index is 14.0. The number of carbonyl (C=O) groups excluding carboxylic acids is 3. The van der Waals surface area contributed by atoms with Gasteiger partial charge in [-0.1, -0.05) is 30.3 Å². The molecule has 1 N–H and O–H groups in total. The van der Waals surface area contributed by atoms with Crippen LogP contribution in [0.2, 0.25) is 0 Å². The van der Waals surface area contributed by atoms with Gasteiger partial charge in [-0.25, -0.2) is 10.4 Å². The first kappa shape index (κ1) is 25.2. The van der Waals surface area contributed by atoms with E-state index in [-0.39, 0.29) is 13.2 Å². The lowest BCUT2D eigenvalue weighted by Crippen LogP contribution is -2.81. The summed E-state index contributed by atoms with van der Waals surface area (Å²) in [6.45, 7) is 3.40. The van der Waals surface area contributed by atoms with Crippen molar-refractivity contribution < 1.29 is 28.6 Å². The van der Waals surface area contributed by atoms with Gasteiger partial charge in [0.15, 0.2) is 11.5 Å². The molecule has 2 aromatic carbocycles. The third-order valence-corrected chi connectivity index (χ3v) is 5.64. The van der Waals surface area contributed by atoms with Crippen molar-refractivity contribution in [3.05, 3.63) is 60.2 Å². The topological polar surface area (TPSA) is 97.4 Å². The summed E-state index contributed by atoms with van der Waals surface area (Å²) in [5.74, 6) is -2.98. The van der Waals surface area contributed by atoms with Crippen LogP contribution in [0, 0.1) is 5.92 Å². The standard InChI is InChI=1S/C25H31N3O6/c1-6-33-22(29)20(23(30)34-7-2)25(26-27(3)4)21(17-11-9-8-10-12-17)28(24(25)31)18-13-15-19(32-5)16-14-18/h8-16,20-21,26H,6-7H2,1-5H3/t21-,25-/m1/s1. The van der Waals surface area contributed by atoms with E-state index in [1.165, 1.54) is 0 Å². The molecule has 0 radical (unpaired) electrons. The molecule has 3 rings (SSSR count). The van der Waals surface area contributed by atoms with Gasteiger partial charge in [0.1, 0.15) is 5.75 Å². The molecule has 0 saturated carbocycles. The summed E-state index contributed by atoms with van der Waals surface area (Å²) in [7, 11) is 4.95. The molecule has 1 fully saturated rings. The number of hydrogen-bond acceptors (Lipinski definition) is 8. The summed E-state index contributed by atoms with van der Waals surface area (Å²) < 4.78 is 15.7. The van der Waals surface area contributed by atoms with Gasteiger partial charge in [0.2, 0.25) is 0 Å². The van der Waals surface area contributed by atoms with Crippen molar-refractivity contribution >= 4 is 23.5 Å². The Balaban J connectivity index is 2.22. The number of benzene rings is 2. The first-order valence-electron chi connectivity index (χ1n) is 11.1. The Labute approximate surface area is 199 Å². The van der Waals surface area contributed by atoms with Crippen molar-refractivity contribution in [2.75, 3.05) is 39.3 Å². The molecule has 1 heterocycles. The van der Waals surface area contributed by atoms with Crippen molar-refractivity contribution in [1.82, 2.24) is 10.4 Å². The van der Waals surface area contributed by atoms with E-state index < -0.39 is 35.3 Å². The minimum absolute atomic E-state index is 0.0547. The largest absolute Gasteiger partial charge is 0.497 e. The van der Waals surface area contributed by atoms with Gasteiger partial charge in [0.25, 0.3) is 5.91 Å². The number of β-lactam (4-membered cyclic amide) rings is 1. The molecule has 9 nitrogen and oxygen atoms in total. The quantitative estimate of drug-likeness (QED) is 0.245. The lowest BCUT2D eigenvalue weighted by Gasteiger charge is -2.58. The average Bonchev–Trinajstić information content (AvgIpc) is 2.82. The summed E-state index contributed by atoms with van der Waals surface area (Å²) in [6, 6.07) is 15.6. The summed E-state index contributed by atoms with van der Waals surface area (Å²) in [5, 5.41) is 1.56. The number of rotatable bonds is 10. The number of nitrogens with one attached hydrogen (secondary N) is 1. The van der Waals surface area contributed by atoms with Crippen molar-refractivity contribution in [3.8, 4) is 5.75 Å². The van der Waals surface area contributed by atoms with Crippen LogP contribution in [0.4, 0.5) is 5.69 Å². The highest BCUT2D eigenvalue weighted by Crippen LogP contribution is 2.51. The third kappa shape index (κ3) is 4.49. The SMILES string of the molecule is CCOC(=O)C(C(=O)OCC)[C@]1(NN(C)C)C(=O)N(c2ccc(OC)cc2)[C@@H]1c1ccccc1. The van der Waals surface area contributed by atoms with E-state index in [9.17, 15) is 14.4 Å². The maximum absolute atomic E-state index is 14.0. The average molecular weight is 470 g/mol. The lowest BCUT2D eigenvalue weighted by molar-refractivity contribution is -0.175. The van der Waals surface area contributed by atoms with Gasteiger partial charge >= 0.3 is 11.9 Å². The van der Waals surface area contributed by atoms with E-state index in [4.69, 9.17) is 14.2 Å². The van der Waals surface area contributed by atoms with Crippen molar-refractivity contribution in [2.45, 2.75) is 25.4 Å². The molecule has 1 aliphatic rings. The fraction of sp³-hybridized carbons (Fsp3) is 0.400. The van der Waals surface area contributed by atoms with Gasteiger partial charge in [-0.05, 0) is 43.7 Å². The zero-order valence-electron chi connectivity index (χ0n) is 20.1. The second-order valence-corrected chi connectivity index (χ2v) is 8.00. The Morgan fingerprint density at radius 1 is 1.00 bits per heavy atom. The second-order valence-electron chi connectivity index (χ2n) is 8.00. The van der Waals surface area contributed by atoms with Crippen LogP contribution >= 0.6 is 0 Å². The molecule has 0 aliphatic carbocycles. The number of amides is 1. The minimum atomic E-state index is -1.66. The lowest BCUT2D eigenvalue weighted by atomic mass is 9.66. The number of hydrogen-bond donors (Lipinski definition) is 1. The van der Waals surface area contributed by atoms with E-state index in [0.717, 1.165) is 5.56 Å². The number of nitrogens with zero attached hydrogens (tertiary/aromatic N) is 2. The smallest absolute Gasteiger partial charge is 0.322 e.